The van der Waals surface area contributed by atoms with Crippen LogP contribution in [0.15, 0.2) is 182 Å². The Hall–Kier alpha value is -7.58. The molecule has 8 heteroatoms. The standard InChI is InChI=1S/C50H34F4N4/c51-35-13-5-9-31(25-35)45(55)29-49(33-11-7-15-37(53)27-33)57-47-23-21-41(39-17-1-3-19-43(39)47)42-22-24-48(44-20-4-2-18-40(42)44)58-50(34-12-8-16-38(54)28-34)30-46(56)32-10-6-14-36(52)26-32/h1-30,55-58H/b49-29-,50-30-,55-45?,56-46?. The summed E-state index contributed by atoms with van der Waals surface area (Å²) in [4.78, 5) is 0. The topological polar surface area (TPSA) is 71.8 Å². The van der Waals surface area contributed by atoms with Gasteiger partial charge in [-0.3, -0.25) is 0 Å². The zero-order chi connectivity index (χ0) is 40.2. The van der Waals surface area contributed by atoms with E-state index in [0.717, 1.165) is 44.0 Å². The summed E-state index contributed by atoms with van der Waals surface area (Å²) in [5, 5.41) is 28.1. The predicted octanol–water partition coefficient (Wildman–Crippen LogP) is 13.3. The molecule has 0 fully saturated rings. The van der Waals surface area contributed by atoms with Crippen LogP contribution >= 0.6 is 0 Å². The molecule has 0 saturated heterocycles. The number of anilines is 2. The van der Waals surface area contributed by atoms with Gasteiger partial charge in [0.1, 0.15) is 23.3 Å². The number of fused-ring (bicyclic) bond motifs is 2. The third-order valence-electron chi connectivity index (χ3n) is 9.80. The molecule has 0 radical (unpaired) electrons. The van der Waals surface area contributed by atoms with Crippen LogP contribution < -0.4 is 10.6 Å². The Labute approximate surface area is 332 Å². The average molecular weight is 767 g/mol. The zero-order valence-corrected chi connectivity index (χ0v) is 30.8. The maximum absolute atomic E-state index is 14.5. The smallest absolute Gasteiger partial charge is 0.123 e. The van der Waals surface area contributed by atoms with Crippen molar-refractivity contribution < 1.29 is 17.6 Å². The zero-order valence-electron chi connectivity index (χ0n) is 30.8. The molecule has 0 atom stereocenters. The molecule has 0 aromatic heterocycles. The first-order valence-electron chi connectivity index (χ1n) is 18.4. The van der Waals surface area contributed by atoms with Gasteiger partial charge in [-0.25, -0.2) is 17.6 Å². The summed E-state index contributed by atoms with van der Waals surface area (Å²) in [7, 11) is 0. The Kier molecular flexibility index (Phi) is 10.5. The summed E-state index contributed by atoms with van der Waals surface area (Å²) < 4.78 is 57.3. The molecule has 58 heavy (non-hydrogen) atoms. The number of hydrogen-bond donors (Lipinski definition) is 4. The van der Waals surface area contributed by atoms with Crippen molar-refractivity contribution in [3.8, 4) is 11.1 Å². The van der Waals surface area contributed by atoms with E-state index in [4.69, 9.17) is 10.8 Å². The van der Waals surface area contributed by atoms with Gasteiger partial charge in [0, 0.05) is 55.8 Å². The van der Waals surface area contributed by atoms with Gasteiger partial charge in [-0.05, 0) is 94.7 Å². The molecule has 282 valence electrons. The van der Waals surface area contributed by atoms with Crippen molar-refractivity contribution in [2.75, 3.05) is 10.6 Å². The number of halogens is 4. The molecule has 8 rings (SSSR count). The van der Waals surface area contributed by atoms with Crippen LogP contribution in [0.5, 0.6) is 0 Å². The lowest BCUT2D eigenvalue weighted by Crippen LogP contribution is -2.05. The second kappa shape index (κ2) is 16.3. The highest BCUT2D eigenvalue weighted by atomic mass is 19.1. The van der Waals surface area contributed by atoms with Gasteiger partial charge >= 0.3 is 0 Å². The van der Waals surface area contributed by atoms with E-state index >= 15 is 0 Å². The summed E-state index contributed by atoms with van der Waals surface area (Å²) in [5.74, 6) is -1.79. The van der Waals surface area contributed by atoms with E-state index in [2.05, 4.69) is 10.6 Å². The molecule has 4 N–H and O–H groups in total. The number of rotatable bonds is 11. The number of benzene rings is 8. The van der Waals surface area contributed by atoms with Gasteiger partial charge in [0.05, 0.1) is 11.4 Å². The molecule has 0 aliphatic rings. The average Bonchev–Trinajstić information content (AvgIpc) is 3.23. The largest absolute Gasteiger partial charge is 0.354 e. The molecule has 0 aliphatic carbocycles. The highest BCUT2D eigenvalue weighted by Crippen LogP contribution is 2.40. The normalized spacial score (nSPS) is 11.8. The lowest BCUT2D eigenvalue weighted by Gasteiger charge is -2.19. The minimum Gasteiger partial charge on any atom is -0.354 e. The molecule has 0 amide bonds. The van der Waals surface area contributed by atoms with Gasteiger partial charge in [-0.1, -0.05) is 109 Å². The summed E-state index contributed by atoms with van der Waals surface area (Å²) >= 11 is 0. The van der Waals surface area contributed by atoms with Crippen LogP contribution in [0.25, 0.3) is 44.1 Å². The maximum atomic E-state index is 14.5. The molecule has 8 aromatic rings. The fourth-order valence-corrected chi connectivity index (χ4v) is 7.04. The van der Waals surface area contributed by atoms with Crippen LogP contribution in [0.1, 0.15) is 22.3 Å². The Morgan fingerprint density at radius 2 is 0.690 bits per heavy atom. The summed E-state index contributed by atoms with van der Waals surface area (Å²) in [6, 6.07) is 47.5. The molecule has 0 spiro atoms. The molecule has 0 aliphatic heterocycles. The maximum Gasteiger partial charge on any atom is 0.123 e. The molecular formula is C50H34F4N4. The Morgan fingerprint density at radius 1 is 0.362 bits per heavy atom. The molecule has 0 heterocycles. The van der Waals surface area contributed by atoms with Gasteiger partial charge in [-0.15, -0.1) is 0 Å². The predicted molar refractivity (Wildman–Crippen MR) is 229 cm³/mol. The van der Waals surface area contributed by atoms with E-state index in [1.807, 2.05) is 72.8 Å². The second-order valence-electron chi connectivity index (χ2n) is 13.6. The van der Waals surface area contributed by atoms with Crippen molar-refractivity contribution in [3.63, 3.8) is 0 Å². The number of hydrogen-bond acceptors (Lipinski definition) is 4. The fourth-order valence-electron chi connectivity index (χ4n) is 7.04. The fraction of sp³-hybridized carbons (Fsp3) is 0. The van der Waals surface area contributed by atoms with E-state index < -0.39 is 23.3 Å². The first-order valence-corrected chi connectivity index (χ1v) is 18.4. The van der Waals surface area contributed by atoms with Crippen LogP contribution in [0.2, 0.25) is 0 Å². The molecule has 8 aromatic carbocycles. The Balaban J connectivity index is 1.20. The van der Waals surface area contributed by atoms with Crippen molar-refractivity contribution >= 4 is 55.7 Å². The third kappa shape index (κ3) is 8.03. The van der Waals surface area contributed by atoms with Gasteiger partial charge < -0.3 is 21.5 Å². The van der Waals surface area contributed by atoms with Crippen LogP contribution in [-0.4, -0.2) is 11.4 Å². The van der Waals surface area contributed by atoms with Crippen molar-refractivity contribution in [1.29, 1.82) is 10.8 Å². The van der Waals surface area contributed by atoms with Crippen molar-refractivity contribution in [2.45, 2.75) is 0 Å². The van der Waals surface area contributed by atoms with Crippen molar-refractivity contribution in [3.05, 3.63) is 228 Å². The Bertz CT molecular complexity index is 2750. The van der Waals surface area contributed by atoms with Gasteiger partial charge in [-0.2, -0.15) is 0 Å². The quantitative estimate of drug-likeness (QED) is 0.0782. The minimum atomic E-state index is -0.460. The van der Waals surface area contributed by atoms with E-state index in [1.165, 1.54) is 48.5 Å². The van der Waals surface area contributed by atoms with Crippen LogP contribution in [0.4, 0.5) is 28.9 Å². The third-order valence-corrected chi connectivity index (χ3v) is 9.80. The summed E-state index contributed by atoms with van der Waals surface area (Å²) in [6.45, 7) is 0. The van der Waals surface area contributed by atoms with Crippen LogP contribution in [0.3, 0.4) is 0 Å². The SMILES string of the molecule is N=C(/C=C(\Nc1ccc(-c2ccc(N/C(=C\C(=N)c3cccc(F)c3)c3cccc(F)c3)c3ccccc23)c2ccccc12)c1cccc(F)c1)c1cccc(F)c1. The van der Waals surface area contributed by atoms with Crippen LogP contribution in [0, 0.1) is 34.1 Å². The molecule has 4 nitrogen and oxygen atoms in total. The monoisotopic (exact) mass is 766 g/mol. The molecular weight excluding hydrogens is 733 g/mol. The van der Waals surface area contributed by atoms with Crippen LogP contribution in [-0.2, 0) is 0 Å². The second-order valence-corrected chi connectivity index (χ2v) is 13.6. The highest BCUT2D eigenvalue weighted by Gasteiger charge is 2.16. The van der Waals surface area contributed by atoms with Gasteiger partial charge in [0.15, 0.2) is 0 Å². The first kappa shape index (κ1) is 37.3. The highest BCUT2D eigenvalue weighted by molar-refractivity contribution is 6.15. The lowest BCUT2D eigenvalue weighted by molar-refractivity contribution is 0.627. The van der Waals surface area contributed by atoms with E-state index in [1.54, 1.807) is 60.7 Å². The summed E-state index contributed by atoms with van der Waals surface area (Å²) in [6.07, 6.45) is 3.13. The first-order chi connectivity index (χ1) is 28.2. The van der Waals surface area contributed by atoms with Crippen molar-refractivity contribution in [2.24, 2.45) is 0 Å². The number of nitrogens with one attached hydrogen (secondary N) is 4. The summed E-state index contributed by atoms with van der Waals surface area (Å²) in [5.41, 5.74) is 6.13. The van der Waals surface area contributed by atoms with Gasteiger partial charge in [0.2, 0.25) is 0 Å². The number of allylic oxidation sites excluding steroid dienone is 2. The molecule has 0 bridgehead atoms. The Morgan fingerprint density at radius 3 is 1.05 bits per heavy atom. The minimum absolute atomic E-state index is 0.0496. The van der Waals surface area contributed by atoms with E-state index in [0.29, 0.717) is 33.6 Å². The molecule has 0 unspecified atom stereocenters. The lowest BCUT2D eigenvalue weighted by atomic mass is 9.92. The van der Waals surface area contributed by atoms with Crippen molar-refractivity contribution in [1.82, 2.24) is 0 Å². The molecule has 0 saturated carbocycles. The van der Waals surface area contributed by atoms with E-state index in [9.17, 15) is 17.6 Å². The van der Waals surface area contributed by atoms with Gasteiger partial charge in [0.25, 0.3) is 0 Å². The van der Waals surface area contributed by atoms with E-state index in [-0.39, 0.29) is 11.4 Å².